The molecule has 0 atom stereocenters. The van der Waals surface area contributed by atoms with Gasteiger partial charge in [-0.2, -0.15) is 0 Å². The van der Waals surface area contributed by atoms with E-state index < -0.39 is 18.1 Å². The first kappa shape index (κ1) is 20.6. The maximum absolute atomic E-state index is 12.5. The van der Waals surface area contributed by atoms with Gasteiger partial charge in [0.1, 0.15) is 5.75 Å². The average Bonchev–Trinajstić information content (AvgIpc) is 2.61. The van der Waals surface area contributed by atoms with E-state index in [-0.39, 0.29) is 16.5 Å². The van der Waals surface area contributed by atoms with Crippen LogP contribution in [0, 0.1) is 0 Å². The predicted molar refractivity (Wildman–Crippen MR) is 100 cm³/mol. The van der Waals surface area contributed by atoms with Crippen LogP contribution in [0.1, 0.15) is 23.1 Å². The van der Waals surface area contributed by atoms with Crippen LogP contribution in [0.2, 0.25) is 10.0 Å². The molecule has 9 heteroatoms. The zero-order valence-electron chi connectivity index (χ0n) is 14.5. The summed E-state index contributed by atoms with van der Waals surface area (Å²) in [6.07, 6.45) is -3.67. The first-order valence-electron chi connectivity index (χ1n) is 8.44. The fraction of sp³-hybridized carbons (Fsp3) is 0.316. The Labute approximate surface area is 169 Å². The van der Waals surface area contributed by atoms with Gasteiger partial charge in [0.2, 0.25) is 0 Å². The van der Waals surface area contributed by atoms with E-state index in [1.54, 1.807) is 0 Å². The lowest BCUT2D eigenvalue weighted by atomic mass is 9.95. The molecule has 150 valence electrons. The lowest BCUT2D eigenvalue weighted by Crippen LogP contribution is -2.30. The summed E-state index contributed by atoms with van der Waals surface area (Å²) in [6, 6.07) is 8.02. The standard InChI is InChI=1S/C19H16Cl2F3NO3/c20-15-8-14(28-19(22,23)24)9-16(18(15)21)25-6-5-12-7-11(2-4-17(26)27)1-3-13(12)10-25/h1,3,7-9H,2,4-6,10H2,(H,26,27). The Bertz CT molecular complexity index is 903. The van der Waals surface area contributed by atoms with Gasteiger partial charge in [-0.3, -0.25) is 4.79 Å². The van der Waals surface area contributed by atoms with Crippen molar-refractivity contribution in [3.8, 4) is 5.75 Å². The first-order valence-corrected chi connectivity index (χ1v) is 9.20. The summed E-state index contributed by atoms with van der Waals surface area (Å²) in [5, 5.41) is 8.95. The number of ether oxygens (including phenoxy) is 1. The molecular formula is C19H16Cl2F3NO3. The van der Waals surface area contributed by atoms with Crippen molar-refractivity contribution in [3.63, 3.8) is 0 Å². The third kappa shape index (κ3) is 5.02. The summed E-state index contributed by atoms with van der Waals surface area (Å²) in [6.45, 7) is 0.973. The van der Waals surface area contributed by atoms with Crippen LogP contribution in [0.25, 0.3) is 0 Å². The maximum atomic E-state index is 12.5. The second-order valence-electron chi connectivity index (χ2n) is 6.45. The van der Waals surface area contributed by atoms with Crippen molar-refractivity contribution in [2.45, 2.75) is 32.2 Å². The third-order valence-corrected chi connectivity index (χ3v) is 5.26. The van der Waals surface area contributed by atoms with Crippen LogP contribution in [0.5, 0.6) is 5.75 Å². The van der Waals surface area contributed by atoms with Gasteiger partial charge in [0.05, 0.1) is 15.7 Å². The van der Waals surface area contributed by atoms with E-state index in [0.717, 1.165) is 22.8 Å². The van der Waals surface area contributed by atoms with Gasteiger partial charge in [0.25, 0.3) is 0 Å². The Morgan fingerprint density at radius 3 is 2.61 bits per heavy atom. The molecule has 0 saturated carbocycles. The van der Waals surface area contributed by atoms with Gasteiger partial charge in [-0.05, 0) is 29.5 Å². The van der Waals surface area contributed by atoms with Crippen LogP contribution in [0.3, 0.4) is 0 Å². The second kappa shape index (κ2) is 8.09. The first-order chi connectivity index (χ1) is 13.1. The SMILES string of the molecule is O=C(O)CCc1ccc2c(c1)CCN(c1cc(OC(F)(F)F)cc(Cl)c1Cl)C2. The molecule has 0 amide bonds. The minimum Gasteiger partial charge on any atom is -0.481 e. The van der Waals surface area contributed by atoms with Crippen molar-refractivity contribution in [2.24, 2.45) is 0 Å². The monoisotopic (exact) mass is 433 g/mol. The van der Waals surface area contributed by atoms with Gasteiger partial charge in [-0.25, -0.2) is 0 Å². The molecule has 0 fully saturated rings. The van der Waals surface area contributed by atoms with Crippen molar-refractivity contribution in [2.75, 3.05) is 11.4 Å². The Kier molecular flexibility index (Phi) is 5.95. The molecule has 0 unspecified atom stereocenters. The number of aliphatic carboxylic acids is 1. The second-order valence-corrected chi connectivity index (χ2v) is 7.24. The minimum absolute atomic E-state index is 0.0202. The maximum Gasteiger partial charge on any atom is 0.573 e. The molecular weight excluding hydrogens is 418 g/mol. The van der Waals surface area contributed by atoms with Gasteiger partial charge in [0.15, 0.2) is 0 Å². The highest BCUT2D eigenvalue weighted by Crippen LogP contribution is 2.40. The number of benzene rings is 2. The molecule has 3 rings (SSSR count). The molecule has 2 aromatic carbocycles. The summed E-state index contributed by atoms with van der Waals surface area (Å²) in [5.74, 6) is -1.27. The summed E-state index contributed by atoms with van der Waals surface area (Å²) < 4.78 is 41.6. The Morgan fingerprint density at radius 1 is 1.18 bits per heavy atom. The molecule has 0 spiro atoms. The quantitative estimate of drug-likeness (QED) is 0.678. The lowest BCUT2D eigenvalue weighted by molar-refractivity contribution is -0.274. The molecule has 0 aliphatic carbocycles. The zero-order chi connectivity index (χ0) is 20.5. The third-order valence-electron chi connectivity index (χ3n) is 4.47. The van der Waals surface area contributed by atoms with Crippen LogP contribution in [0.4, 0.5) is 18.9 Å². The number of carboxylic acids is 1. The zero-order valence-corrected chi connectivity index (χ0v) is 16.0. The minimum atomic E-state index is -4.82. The number of aryl methyl sites for hydroxylation is 1. The molecule has 0 saturated heterocycles. The Balaban J connectivity index is 1.82. The smallest absolute Gasteiger partial charge is 0.481 e. The highest BCUT2D eigenvalue weighted by Gasteiger charge is 2.32. The van der Waals surface area contributed by atoms with Crippen molar-refractivity contribution < 1.29 is 27.8 Å². The van der Waals surface area contributed by atoms with Crippen molar-refractivity contribution >= 4 is 34.9 Å². The van der Waals surface area contributed by atoms with Gasteiger partial charge >= 0.3 is 12.3 Å². The molecule has 1 aliphatic heterocycles. The van der Waals surface area contributed by atoms with E-state index in [9.17, 15) is 18.0 Å². The number of alkyl halides is 3. The Morgan fingerprint density at radius 2 is 1.93 bits per heavy atom. The van der Waals surface area contributed by atoms with Crippen LogP contribution < -0.4 is 9.64 Å². The summed E-state index contributed by atoms with van der Waals surface area (Å²) >= 11 is 12.2. The number of fused-ring (bicyclic) bond motifs is 1. The number of rotatable bonds is 5. The number of halogens is 5. The summed E-state index contributed by atoms with van der Waals surface area (Å²) in [5.41, 5.74) is 3.40. The van der Waals surface area contributed by atoms with E-state index in [1.807, 2.05) is 23.1 Å². The molecule has 0 radical (unpaired) electrons. The number of hydrogen-bond acceptors (Lipinski definition) is 3. The van der Waals surface area contributed by atoms with Crippen LogP contribution in [-0.4, -0.2) is 24.0 Å². The molecule has 28 heavy (non-hydrogen) atoms. The number of hydrogen-bond donors (Lipinski definition) is 1. The Hall–Kier alpha value is -2.12. The van der Waals surface area contributed by atoms with E-state index in [1.165, 1.54) is 6.07 Å². The van der Waals surface area contributed by atoms with E-state index in [0.29, 0.717) is 31.6 Å². The lowest BCUT2D eigenvalue weighted by Gasteiger charge is -2.32. The van der Waals surface area contributed by atoms with E-state index in [4.69, 9.17) is 28.3 Å². The van der Waals surface area contributed by atoms with Gasteiger partial charge in [0, 0.05) is 31.6 Å². The topological polar surface area (TPSA) is 49.8 Å². The largest absolute Gasteiger partial charge is 0.573 e. The molecule has 1 heterocycles. The number of anilines is 1. The molecule has 2 aromatic rings. The van der Waals surface area contributed by atoms with Crippen LogP contribution in [0.15, 0.2) is 30.3 Å². The van der Waals surface area contributed by atoms with Crippen molar-refractivity contribution in [3.05, 3.63) is 57.1 Å². The molecule has 0 aromatic heterocycles. The highest BCUT2D eigenvalue weighted by molar-refractivity contribution is 6.43. The molecule has 1 aliphatic rings. The van der Waals surface area contributed by atoms with E-state index in [2.05, 4.69) is 4.74 Å². The number of carbonyl (C=O) groups is 1. The van der Waals surface area contributed by atoms with Crippen molar-refractivity contribution in [1.29, 1.82) is 0 Å². The van der Waals surface area contributed by atoms with Crippen molar-refractivity contribution in [1.82, 2.24) is 0 Å². The number of carboxylic acid groups (broad SMARTS) is 1. The van der Waals surface area contributed by atoms with Crippen LogP contribution >= 0.6 is 23.2 Å². The molecule has 1 N–H and O–H groups in total. The van der Waals surface area contributed by atoms with Crippen LogP contribution in [-0.2, 0) is 24.2 Å². The fourth-order valence-corrected chi connectivity index (χ4v) is 3.62. The number of nitrogens with zero attached hydrogens (tertiary/aromatic N) is 1. The fourth-order valence-electron chi connectivity index (χ4n) is 3.19. The summed E-state index contributed by atoms with van der Waals surface area (Å²) in [7, 11) is 0. The summed E-state index contributed by atoms with van der Waals surface area (Å²) in [4.78, 5) is 12.6. The predicted octanol–water partition coefficient (Wildman–Crippen LogP) is 5.47. The average molecular weight is 434 g/mol. The molecule has 0 bridgehead atoms. The van der Waals surface area contributed by atoms with Gasteiger partial charge < -0.3 is 14.7 Å². The normalized spacial score (nSPS) is 14.0. The van der Waals surface area contributed by atoms with Gasteiger partial charge in [-0.15, -0.1) is 13.2 Å². The van der Waals surface area contributed by atoms with Gasteiger partial charge in [-0.1, -0.05) is 41.4 Å². The highest BCUT2D eigenvalue weighted by atomic mass is 35.5. The molecule has 4 nitrogen and oxygen atoms in total. The van der Waals surface area contributed by atoms with E-state index >= 15 is 0 Å².